The zero-order chi connectivity index (χ0) is 23.5. The Morgan fingerprint density at radius 3 is 2.12 bits per heavy atom. The largest absolute Gasteiger partial charge is 0.495 e. The van der Waals surface area contributed by atoms with E-state index in [-0.39, 0.29) is 16.2 Å². The van der Waals surface area contributed by atoms with Gasteiger partial charge < -0.3 is 10.1 Å². The number of ether oxygens (including phenoxy) is 1. The Bertz CT molecular complexity index is 1210. The summed E-state index contributed by atoms with van der Waals surface area (Å²) in [5.41, 5.74) is 2.41. The molecule has 0 heterocycles. The summed E-state index contributed by atoms with van der Waals surface area (Å²) in [6.07, 6.45) is 0. The molecule has 0 radical (unpaired) electrons. The molecule has 0 bridgehead atoms. The van der Waals surface area contributed by atoms with Gasteiger partial charge in [-0.2, -0.15) is 0 Å². The molecular weight excluding hydrogens is 424 g/mol. The zero-order valence-electron chi connectivity index (χ0n) is 18.9. The summed E-state index contributed by atoms with van der Waals surface area (Å²) in [5.74, 6) is 0.149. The van der Waals surface area contributed by atoms with Gasteiger partial charge in [-0.15, -0.1) is 0 Å². The first-order valence-electron chi connectivity index (χ1n) is 10.2. The van der Waals surface area contributed by atoms with E-state index in [0.717, 1.165) is 11.3 Å². The van der Waals surface area contributed by atoms with Crippen LogP contribution in [0.1, 0.15) is 36.7 Å². The number of benzene rings is 3. The molecule has 0 aliphatic rings. The highest BCUT2D eigenvalue weighted by Gasteiger charge is 2.24. The standard InChI is InChI=1S/C25H28N2O4S/c1-25(2,3)20-10-6-7-11-21(20)26-24(28)18-14-16-19(17-15-18)32(29,30)27(4)22-12-8-9-13-23(22)31-5/h6-17H,1-5H3,(H,26,28). The molecule has 0 aliphatic carbocycles. The van der Waals surface area contributed by atoms with E-state index in [1.165, 1.54) is 42.7 Å². The van der Waals surface area contributed by atoms with E-state index in [1.807, 2.05) is 24.3 Å². The Balaban J connectivity index is 1.84. The van der Waals surface area contributed by atoms with Crippen molar-refractivity contribution >= 4 is 27.3 Å². The van der Waals surface area contributed by atoms with Crippen molar-refractivity contribution < 1.29 is 17.9 Å². The molecule has 0 saturated carbocycles. The highest BCUT2D eigenvalue weighted by molar-refractivity contribution is 7.92. The van der Waals surface area contributed by atoms with E-state index >= 15 is 0 Å². The Morgan fingerprint density at radius 2 is 1.50 bits per heavy atom. The summed E-state index contributed by atoms with van der Waals surface area (Å²) in [5, 5.41) is 2.94. The van der Waals surface area contributed by atoms with E-state index in [1.54, 1.807) is 24.3 Å². The topological polar surface area (TPSA) is 75.7 Å². The molecule has 1 N–H and O–H groups in total. The summed E-state index contributed by atoms with van der Waals surface area (Å²) in [6, 6.07) is 20.4. The molecule has 0 aliphatic heterocycles. The fraction of sp³-hybridized carbons (Fsp3) is 0.240. The van der Waals surface area contributed by atoms with E-state index < -0.39 is 10.0 Å². The number of para-hydroxylation sites is 3. The fourth-order valence-corrected chi connectivity index (χ4v) is 4.60. The third kappa shape index (κ3) is 4.78. The van der Waals surface area contributed by atoms with Crippen molar-refractivity contribution in [3.63, 3.8) is 0 Å². The second-order valence-electron chi connectivity index (χ2n) is 8.42. The fourth-order valence-electron chi connectivity index (χ4n) is 3.40. The summed E-state index contributed by atoms with van der Waals surface area (Å²) in [4.78, 5) is 12.9. The van der Waals surface area contributed by atoms with Crippen molar-refractivity contribution in [3.8, 4) is 5.75 Å². The lowest BCUT2D eigenvalue weighted by Crippen LogP contribution is -2.27. The molecule has 32 heavy (non-hydrogen) atoms. The van der Waals surface area contributed by atoms with E-state index in [0.29, 0.717) is 17.0 Å². The Hall–Kier alpha value is -3.32. The first-order valence-corrected chi connectivity index (χ1v) is 11.6. The molecule has 0 fully saturated rings. The van der Waals surface area contributed by atoms with Gasteiger partial charge in [-0.3, -0.25) is 9.10 Å². The summed E-state index contributed by atoms with van der Waals surface area (Å²) >= 11 is 0. The molecule has 6 nitrogen and oxygen atoms in total. The number of rotatable bonds is 6. The van der Waals surface area contributed by atoms with Gasteiger partial charge in [0.2, 0.25) is 0 Å². The monoisotopic (exact) mass is 452 g/mol. The predicted octanol–water partition coefficient (Wildman–Crippen LogP) is 5.07. The summed E-state index contributed by atoms with van der Waals surface area (Å²) in [6.45, 7) is 6.24. The van der Waals surface area contributed by atoms with E-state index in [9.17, 15) is 13.2 Å². The lowest BCUT2D eigenvalue weighted by Gasteiger charge is -2.23. The second kappa shape index (κ2) is 9.04. The van der Waals surface area contributed by atoms with Gasteiger partial charge in [0.15, 0.2) is 0 Å². The van der Waals surface area contributed by atoms with Crippen LogP contribution >= 0.6 is 0 Å². The van der Waals surface area contributed by atoms with Crippen LogP contribution in [0.5, 0.6) is 5.75 Å². The van der Waals surface area contributed by atoms with Crippen LogP contribution in [-0.2, 0) is 15.4 Å². The Kier molecular flexibility index (Phi) is 6.60. The van der Waals surface area contributed by atoms with Gasteiger partial charge in [0.1, 0.15) is 5.75 Å². The SMILES string of the molecule is COc1ccccc1N(C)S(=O)(=O)c1ccc(C(=O)Nc2ccccc2C(C)(C)C)cc1. The second-order valence-corrected chi connectivity index (χ2v) is 10.4. The smallest absolute Gasteiger partial charge is 0.264 e. The average molecular weight is 453 g/mol. The lowest BCUT2D eigenvalue weighted by atomic mass is 9.86. The number of hydrogen-bond donors (Lipinski definition) is 1. The normalized spacial score (nSPS) is 11.7. The number of sulfonamides is 1. The van der Waals surface area contributed by atoms with E-state index in [2.05, 4.69) is 26.1 Å². The number of carbonyl (C=O) groups excluding carboxylic acids is 1. The van der Waals surface area contributed by atoms with Crippen LogP contribution in [0, 0.1) is 0 Å². The molecule has 0 aromatic heterocycles. The van der Waals surface area contributed by atoms with Gasteiger partial charge in [0.25, 0.3) is 15.9 Å². The maximum atomic E-state index is 13.1. The van der Waals surface area contributed by atoms with Crippen LogP contribution in [0.3, 0.4) is 0 Å². The minimum absolute atomic E-state index is 0.0811. The van der Waals surface area contributed by atoms with Crippen LogP contribution in [0.4, 0.5) is 11.4 Å². The molecule has 0 unspecified atom stereocenters. The van der Waals surface area contributed by atoms with Crippen molar-refractivity contribution in [3.05, 3.63) is 83.9 Å². The maximum Gasteiger partial charge on any atom is 0.264 e. The molecule has 3 aromatic carbocycles. The van der Waals surface area contributed by atoms with Gasteiger partial charge in [-0.1, -0.05) is 51.1 Å². The number of nitrogens with zero attached hydrogens (tertiary/aromatic N) is 1. The van der Waals surface area contributed by atoms with Gasteiger partial charge in [-0.05, 0) is 53.4 Å². The van der Waals surface area contributed by atoms with Crippen LogP contribution in [0.15, 0.2) is 77.7 Å². The third-order valence-electron chi connectivity index (χ3n) is 5.18. The van der Waals surface area contributed by atoms with Crippen molar-refractivity contribution in [1.29, 1.82) is 0 Å². The molecule has 3 aromatic rings. The quantitative estimate of drug-likeness (QED) is 0.567. The van der Waals surface area contributed by atoms with Crippen LogP contribution in [-0.4, -0.2) is 28.5 Å². The predicted molar refractivity (Wildman–Crippen MR) is 128 cm³/mol. The van der Waals surface area contributed by atoms with Crippen molar-refractivity contribution in [1.82, 2.24) is 0 Å². The third-order valence-corrected chi connectivity index (χ3v) is 6.97. The Morgan fingerprint density at radius 1 is 0.906 bits per heavy atom. The van der Waals surface area contributed by atoms with Gasteiger partial charge >= 0.3 is 0 Å². The van der Waals surface area contributed by atoms with Crippen molar-refractivity contribution in [2.45, 2.75) is 31.1 Å². The van der Waals surface area contributed by atoms with Crippen molar-refractivity contribution in [2.24, 2.45) is 0 Å². The number of carbonyl (C=O) groups is 1. The molecule has 7 heteroatoms. The van der Waals surface area contributed by atoms with Crippen LogP contribution in [0.25, 0.3) is 0 Å². The number of hydrogen-bond acceptors (Lipinski definition) is 4. The lowest BCUT2D eigenvalue weighted by molar-refractivity contribution is 0.102. The molecule has 168 valence electrons. The molecule has 0 spiro atoms. The van der Waals surface area contributed by atoms with Crippen LogP contribution < -0.4 is 14.4 Å². The van der Waals surface area contributed by atoms with Crippen LogP contribution in [0.2, 0.25) is 0 Å². The number of methoxy groups -OCH3 is 1. The van der Waals surface area contributed by atoms with Gasteiger partial charge in [0.05, 0.1) is 17.7 Å². The zero-order valence-corrected chi connectivity index (χ0v) is 19.7. The minimum atomic E-state index is -3.83. The minimum Gasteiger partial charge on any atom is -0.495 e. The molecular formula is C25H28N2O4S. The Labute approximate surface area is 189 Å². The molecule has 3 rings (SSSR count). The number of anilines is 2. The first kappa shape index (κ1) is 23.3. The highest BCUT2D eigenvalue weighted by atomic mass is 32.2. The first-order chi connectivity index (χ1) is 15.1. The van der Waals surface area contributed by atoms with Gasteiger partial charge in [0, 0.05) is 18.3 Å². The van der Waals surface area contributed by atoms with E-state index in [4.69, 9.17) is 4.74 Å². The number of nitrogens with one attached hydrogen (secondary N) is 1. The maximum absolute atomic E-state index is 13.1. The van der Waals surface area contributed by atoms with Crippen molar-refractivity contribution in [2.75, 3.05) is 23.8 Å². The molecule has 0 saturated heterocycles. The number of amides is 1. The highest BCUT2D eigenvalue weighted by Crippen LogP contribution is 2.31. The average Bonchev–Trinajstić information content (AvgIpc) is 2.78. The summed E-state index contributed by atoms with van der Waals surface area (Å²) < 4.78 is 32.6. The molecule has 1 amide bonds. The summed E-state index contributed by atoms with van der Waals surface area (Å²) in [7, 11) is -0.870. The molecule has 0 atom stereocenters. The van der Waals surface area contributed by atoms with Gasteiger partial charge in [-0.25, -0.2) is 8.42 Å².